The van der Waals surface area contributed by atoms with Crippen LogP contribution in [0.15, 0.2) is 35.7 Å². The number of alkyl halides is 3. The molecular formula is C12H7F8NS. The van der Waals surface area contributed by atoms with Gasteiger partial charge in [0.15, 0.2) is 0 Å². The summed E-state index contributed by atoms with van der Waals surface area (Å²) in [6.45, 7) is 3.18. The van der Waals surface area contributed by atoms with Crippen LogP contribution in [0.1, 0.15) is 11.3 Å². The van der Waals surface area contributed by atoms with E-state index in [2.05, 4.69) is 11.6 Å². The van der Waals surface area contributed by atoms with Gasteiger partial charge in [-0.1, -0.05) is 44.2 Å². The predicted molar refractivity (Wildman–Crippen MR) is 68.2 cm³/mol. The van der Waals surface area contributed by atoms with Gasteiger partial charge in [0, 0.05) is 5.39 Å². The van der Waals surface area contributed by atoms with Crippen molar-refractivity contribution in [3.05, 3.63) is 42.1 Å². The maximum Gasteiger partial charge on any atom is 0.433 e. The van der Waals surface area contributed by atoms with E-state index in [4.69, 9.17) is 0 Å². The second-order valence-corrected chi connectivity index (χ2v) is 6.80. The number of pyridine rings is 1. The minimum atomic E-state index is -10.2. The van der Waals surface area contributed by atoms with E-state index >= 15 is 0 Å². The van der Waals surface area contributed by atoms with Crippen molar-refractivity contribution in [2.45, 2.75) is 11.1 Å². The van der Waals surface area contributed by atoms with Gasteiger partial charge in [0.25, 0.3) is 0 Å². The van der Waals surface area contributed by atoms with E-state index in [0.29, 0.717) is 12.1 Å². The lowest BCUT2D eigenvalue weighted by Gasteiger charge is -2.40. The second-order valence-electron chi connectivity index (χ2n) is 4.42. The molecule has 0 saturated carbocycles. The Balaban J connectivity index is 3.03. The van der Waals surface area contributed by atoms with Crippen molar-refractivity contribution in [3.63, 3.8) is 0 Å². The van der Waals surface area contributed by atoms with Crippen LogP contribution in [-0.2, 0) is 6.18 Å². The summed E-state index contributed by atoms with van der Waals surface area (Å²) in [4.78, 5) is 0.317. The average Bonchev–Trinajstić information content (AvgIpc) is 2.32. The van der Waals surface area contributed by atoms with Gasteiger partial charge in [0.2, 0.25) is 0 Å². The maximum absolute atomic E-state index is 13.0. The number of halogens is 8. The largest absolute Gasteiger partial charge is 0.433 e. The molecule has 122 valence electrons. The molecule has 0 aliphatic rings. The fraction of sp³-hybridized carbons (Fsp3) is 0.0833. The third-order valence-corrected chi connectivity index (χ3v) is 3.92. The van der Waals surface area contributed by atoms with Crippen molar-refractivity contribution in [3.8, 4) is 0 Å². The molecule has 2 aromatic rings. The second kappa shape index (κ2) is 3.92. The first-order valence-corrected chi connectivity index (χ1v) is 7.46. The average molecular weight is 349 g/mol. The van der Waals surface area contributed by atoms with Crippen LogP contribution in [0, 0.1) is 0 Å². The summed E-state index contributed by atoms with van der Waals surface area (Å²) in [6, 6.07) is 2.11. The van der Waals surface area contributed by atoms with Gasteiger partial charge in [-0.15, -0.1) is 0 Å². The Morgan fingerprint density at radius 2 is 1.64 bits per heavy atom. The Bertz CT molecular complexity index is 776. The Labute approximate surface area is 119 Å². The predicted octanol–water partition coefficient (Wildman–Crippen LogP) is 6.55. The number of hydrogen-bond donors (Lipinski definition) is 0. The molecule has 0 aliphatic carbocycles. The minimum Gasteiger partial charge on any atom is -0.242 e. The first kappa shape index (κ1) is 16.5. The lowest BCUT2D eigenvalue weighted by atomic mass is 10.1. The quantitative estimate of drug-likeness (QED) is 0.560. The van der Waals surface area contributed by atoms with Crippen LogP contribution in [0.4, 0.5) is 32.6 Å². The molecule has 10 heteroatoms. The monoisotopic (exact) mass is 349 g/mol. The number of para-hydroxylation sites is 1. The minimum absolute atomic E-state index is 0.0178. The molecule has 1 aromatic heterocycles. The lowest BCUT2D eigenvalue weighted by Crippen LogP contribution is -2.12. The van der Waals surface area contributed by atoms with E-state index in [-0.39, 0.29) is 11.6 Å². The molecule has 0 unspecified atom stereocenters. The molecule has 1 heterocycles. The standard InChI is InChI=1S/C12H7F8NS/c1-2-7-6-10(12(13,14)15)21-11-8(7)4-3-5-9(11)22(16,17,18,19)20/h2-6H,1H2. The molecule has 0 bridgehead atoms. The lowest BCUT2D eigenvalue weighted by molar-refractivity contribution is -0.141. The summed E-state index contributed by atoms with van der Waals surface area (Å²) in [5.74, 6) is 0. The SMILES string of the molecule is C=Cc1cc(C(F)(F)F)nc2c(S(F)(F)(F)(F)F)cccc12. The molecule has 2 rings (SSSR count). The van der Waals surface area contributed by atoms with Crippen molar-refractivity contribution in [2.24, 2.45) is 0 Å². The molecule has 0 fully saturated rings. The highest BCUT2D eigenvalue weighted by molar-refractivity contribution is 8.46. The zero-order valence-electron chi connectivity index (χ0n) is 10.5. The summed E-state index contributed by atoms with van der Waals surface area (Å²) in [5.41, 5.74) is -3.53. The maximum atomic E-state index is 13.0. The molecule has 22 heavy (non-hydrogen) atoms. The van der Waals surface area contributed by atoms with Gasteiger partial charge in [-0.2, -0.15) is 13.2 Å². The van der Waals surface area contributed by atoms with Crippen LogP contribution in [-0.4, -0.2) is 4.98 Å². The van der Waals surface area contributed by atoms with Crippen LogP contribution in [0.3, 0.4) is 0 Å². The van der Waals surface area contributed by atoms with Crippen LogP contribution >= 0.6 is 10.2 Å². The Hall–Kier alpha value is -1.84. The summed E-state index contributed by atoms with van der Waals surface area (Å²) in [7, 11) is -10.2. The molecule has 0 atom stereocenters. The summed E-state index contributed by atoms with van der Waals surface area (Å²) >= 11 is 0. The number of hydrogen-bond acceptors (Lipinski definition) is 1. The number of fused-ring (bicyclic) bond motifs is 1. The molecular weight excluding hydrogens is 342 g/mol. The molecule has 0 radical (unpaired) electrons. The van der Waals surface area contributed by atoms with E-state index in [0.717, 1.165) is 12.1 Å². The molecule has 0 spiro atoms. The molecule has 1 nitrogen and oxygen atoms in total. The fourth-order valence-electron chi connectivity index (χ4n) is 1.87. The molecule has 1 aromatic carbocycles. The third-order valence-electron chi connectivity index (χ3n) is 2.76. The van der Waals surface area contributed by atoms with Gasteiger partial charge in [-0.05, 0) is 17.7 Å². The normalized spacial score (nSPS) is 16.2. The van der Waals surface area contributed by atoms with Crippen LogP contribution in [0.2, 0.25) is 0 Å². The highest BCUT2D eigenvalue weighted by Crippen LogP contribution is 3.02. The van der Waals surface area contributed by atoms with Crippen molar-refractivity contribution in [1.82, 2.24) is 4.98 Å². The summed E-state index contributed by atoms with van der Waals surface area (Å²) in [5, 5.41) is -0.492. The summed E-state index contributed by atoms with van der Waals surface area (Å²) < 4.78 is 103. The van der Waals surface area contributed by atoms with Crippen molar-refractivity contribution >= 4 is 27.2 Å². The van der Waals surface area contributed by atoms with Gasteiger partial charge in [-0.3, -0.25) is 0 Å². The number of benzene rings is 1. The zero-order valence-corrected chi connectivity index (χ0v) is 11.3. The molecule has 0 amide bonds. The smallest absolute Gasteiger partial charge is 0.242 e. The molecule has 0 saturated heterocycles. The van der Waals surface area contributed by atoms with E-state index in [1.54, 1.807) is 0 Å². The number of nitrogens with zero attached hydrogens (tertiary/aromatic N) is 1. The van der Waals surface area contributed by atoms with E-state index in [9.17, 15) is 32.6 Å². The first-order valence-electron chi connectivity index (χ1n) is 5.51. The fourth-order valence-corrected chi connectivity index (χ4v) is 2.73. The zero-order chi connectivity index (χ0) is 17.0. The van der Waals surface area contributed by atoms with Crippen LogP contribution < -0.4 is 0 Å². The third kappa shape index (κ3) is 3.01. The highest BCUT2D eigenvalue weighted by Gasteiger charge is 2.66. The Morgan fingerprint density at radius 3 is 2.09 bits per heavy atom. The van der Waals surface area contributed by atoms with Gasteiger partial charge in [-0.25, -0.2) is 4.98 Å². The van der Waals surface area contributed by atoms with Gasteiger partial charge < -0.3 is 0 Å². The van der Waals surface area contributed by atoms with Crippen LogP contribution in [0.25, 0.3) is 17.0 Å². The summed E-state index contributed by atoms with van der Waals surface area (Å²) in [6.07, 6.45) is -4.24. The molecule has 0 N–H and O–H groups in total. The number of aromatic nitrogens is 1. The van der Waals surface area contributed by atoms with Crippen LogP contribution in [0.5, 0.6) is 0 Å². The van der Waals surface area contributed by atoms with Crippen molar-refractivity contribution in [1.29, 1.82) is 0 Å². The van der Waals surface area contributed by atoms with E-state index < -0.39 is 37.9 Å². The molecule has 0 aliphatic heterocycles. The number of rotatable bonds is 2. The first-order chi connectivity index (χ1) is 9.63. The topological polar surface area (TPSA) is 12.9 Å². The highest BCUT2D eigenvalue weighted by atomic mass is 32.5. The Kier molecular flexibility index (Phi) is 2.94. The Morgan fingerprint density at radius 1 is 1.05 bits per heavy atom. The van der Waals surface area contributed by atoms with Gasteiger partial charge >= 0.3 is 16.4 Å². The van der Waals surface area contributed by atoms with Crippen molar-refractivity contribution in [2.75, 3.05) is 0 Å². The van der Waals surface area contributed by atoms with E-state index in [1.165, 1.54) is 0 Å². The van der Waals surface area contributed by atoms with Gasteiger partial charge in [0.1, 0.15) is 10.6 Å². The van der Waals surface area contributed by atoms with Crippen molar-refractivity contribution < 1.29 is 32.6 Å². The van der Waals surface area contributed by atoms with E-state index in [1.807, 2.05) is 0 Å². The van der Waals surface area contributed by atoms with Gasteiger partial charge in [0.05, 0.1) is 5.52 Å².